The molecule has 1 heterocycles. The van der Waals surface area contributed by atoms with Crippen molar-refractivity contribution in [2.75, 3.05) is 25.0 Å². The van der Waals surface area contributed by atoms with Crippen LogP contribution in [-0.4, -0.2) is 44.9 Å². The van der Waals surface area contributed by atoms with Gasteiger partial charge in [0, 0.05) is 24.2 Å². The van der Waals surface area contributed by atoms with Crippen LogP contribution in [0.4, 0.5) is 5.69 Å². The van der Waals surface area contributed by atoms with E-state index in [0.717, 1.165) is 25.9 Å². The van der Waals surface area contributed by atoms with E-state index in [0.29, 0.717) is 24.2 Å². The predicted octanol–water partition coefficient (Wildman–Crippen LogP) is 2.68. The molecule has 1 aliphatic rings. The molecule has 6 nitrogen and oxygen atoms in total. The fourth-order valence-corrected chi connectivity index (χ4v) is 4.10. The second kappa shape index (κ2) is 8.97. The number of amides is 1. The summed E-state index contributed by atoms with van der Waals surface area (Å²) in [6.45, 7) is 10.5. The van der Waals surface area contributed by atoms with Gasteiger partial charge in [-0.1, -0.05) is 13.8 Å². The van der Waals surface area contributed by atoms with Crippen LogP contribution >= 0.6 is 0 Å². The average molecular weight is 382 g/mol. The van der Waals surface area contributed by atoms with Gasteiger partial charge in [-0.15, -0.1) is 0 Å². The number of carbonyl (C=O) groups excluding carboxylic acids is 1. The number of carbonyl (C=O) groups is 1. The largest absolute Gasteiger partial charge is 0.326 e. The summed E-state index contributed by atoms with van der Waals surface area (Å²) in [5.74, 6) is 0.165. The highest BCUT2D eigenvalue weighted by Crippen LogP contribution is 2.20. The van der Waals surface area contributed by atoms with E-state index in [1.807, 2.05) is 13.8 Å². The van der Waals surface area contributed by atoms with Crippen molar-refractivity contribution in [3.05, 3.63) is 24.3 Å². The summed E-state index contributed by atoms with van der Waals surface area (Å²) in [4.78, 5) is 14.3. The van der Waals surface area contributed by atoms with Crippen LogP contribution in [0, 0.1) is 11.8 Å². The molecule has 146 valence electrons. The SMILES string of the molecule is CC(C)C(=O)Nc1ccc(S(=O)(=O)NCC2CCN(C(C)C)CC2)cc1. The average Bonchev–Trinajstić information content (AvgIpc) is 2.60. The first-order chi connectivity index (χ1) is 12.2. The number of sulfonamides is 1. The van der Waals surface area contributed by atoms with Crippen LogP contribution in [0.25, 0.3) is 0 Å². The summed E-state index contributed by atoms with van der Waals surface area (Å²) < 4.78 is 27.7. The van der Waals surface area contributed by atoms with Gasteiger partial charge in [0.15, 0.2) is 0 Å². The molecule has 1 amide bonds. The normalized spacial score (nSPS) is 17.0. The summed E-state index contributed by atoms with van der Waals surface area (Å²) in [5.41, 5.74) is 0.601. The van der Waals surface area contributed by atoms with E-state index in [1.54, 1.807) is 12.1 Å². The highest BCUT2D eigenvalue weighted by molar-refractivity contribution is 7.89. The zero-order chi connectivity index (χ0) is 19.3. The Labute approximate surface area is 157 Å². The number of piperidine rings is 1. The smallest absolute Gasteiger partial charge is 0.240 e. The number of hydrogen-bond acceptors (Lipinski definition) is 4. The number of anilines is 1. The van der Waals surface area contributed by atoms with Crippen LogP contribution in [0.3, 0.4) is 0 Å². The van der Waals surface area contributed by atoms with Crippen LogP contribution in [0.15, 0.2) is 29.2 Å². The summed E-state index contributed by atoms with van der Waals surface area (Å²) in [6.07, 6.45) is 2.03. The van der Waals surface area contributed by atoms with E-state index >= 15 is 0 Å². The van der Waals surface area contributed by atoms with Crippen LogP contribution in [0.2, 0.25) is 0 Å². The first-order valence-corrected chi connectivity index (χ1v) is 10.8. The molecule has 0 bridgehead atoms. The summed E-state index contributed by atoms with van der Waals surface area (Å²) in [7, 11) is -3.53. The molecule has 1 fully saturated rings. The molecular formula is C19H31N3O3S. The standard InChI is InChI=1S/C19H31N3O3S/c1-14(2)19(23)21-17-5-7-18(8-6-17)26(24,25)20-13-16-9-11-22(12-10-16)15(3)4/h5-8,14-16,20H,9-13H2,1-4H3,(H,21,23). The summed E-state index contributed by atoms with van der Waals surface area (Å²) in [6, 6.07) is 6.84. The highest BCUT2D eigenvalue weighted by Gasteiger charge is 2.23. The molecule has 1 aromatic rings. The second-order valence-electron chi connectivity index (χ2n) is 7.59. The second-order valence-corrected chi connectivity index (χ2v) is 9.36. The van der Waals surface area contributed by atoms with Gasteiger partial charge in [0.2, 0.25) is 15.9 Å². The minimum Gasteiger partial charge on any atom is -0.326 e. The molecule has 0 aromatic heterocycles. The van der Waals surface area contributed by atoms with Crippen molar-refractivity contribution >= 4 is 21.6 Å². The fraction of sp³-hybridized carbons (Fsp3) is 0.632. The Balaban J connectivity index is 1.89. The monoisotopic (exact) mass is 381 g/mol. The molecule has 1 aliphatic heterocycles. The Morgan fingerprint density at radius 2 is 1.69 bits per heavy atom. The van der Waals surface area contributed by atoms with Crippen LogP contribution in [0.1, 0.15) is 40.5 Å². The van der Waals surface area contributed by atoms with Crippen molar-refractivity contribution in [2.24, 2.45) is 11.8 Å². The maximum absolute atomic E-state index is 12.5. The molecule has 0 spiro atoms. The summed E-state index contributed by atoms with van der Waals surface area (Å²) in [5, 5.41) is 2.76. The molecule has 0 unspecified atom stereocenters. The molecule has 1 saturated heterocycles. The third-order valence-electron chi connectivity index (χ3n) is 4.90. The lowest BCUT2D eigenvalue weighted by Gasteiger charge is -2.34. The first kappa shape index (κ1) is 20.9. The zero-order valence-electron chi connectivity index (χ0n) is 16.2. The fourth-order valence-electron chi connectivity index (χ4n) is 2.99. The molecular weight excluding hydrogens is 350 g/mol. The third kappa shape index (κ3) is 5.79. The van der Waals surface area contributed by atoms with E-state index < -0.39 is 10.0 Å². The van der Waals surface area contributed by atoms with Gasteiger partial charge in [0.1, 0.15) is 0 Å². The Morgan fingerprint density at radius 1 is 1.12 bits per heavy atom. The Kier molecular flexibility index (Phi) is 7.20. The lowest BCUT2D eigenvalue weighted by Crippen LogP contribution is -2.41. The van der Waals surface area contributed by atoms with Crippen LogP contribution in [-0.2, 0) is 14.8 Å². The number of benzene rings is 1. The zero-order valence-corrected chi connectivity index (χ0v) is 17.0. The number of nitrogens with zero attached hydrogens (tertiary/aromatic N) is 1. The molecule has 0 radical (unpaired) electrons. The van der Waals surface area contributed by atoms with E-state index in [-0.39, 0.29) is 16.7 Å². The summed E-state index contributed by atoms with van der Waals surface area (Å²) >= 11 is 0. The van der Waals surface area contributed by atoms with Gasteiger partial charge in [-0.3, -0.25) is 4.79 Å². The molecule has 1 aromatic carbocycles. The van der Waals surface area contributed by atoms with Gasteiger partial charge < -0.3 is 10.2 Å². The number of likely N-dealkylation sites (tertiary alicyclic amines) is 1. The van der Waals surface area contributed by atoms with E-state index in [9.17, 15) is 13.2 Å². The van der Waals surface area contributed by atoms with Crippen molar-refractivity contribution in [1.29, 1.82) is 0 Å². The topological polar surface area (TPSA) is 78.5 Å². The van der Waals surface area contributed by atoms with Crippen LogP contribution in [0.5, 0.6) is 0 Å². The lowest BCUT2D eigenvalue weighted by molar-refractivity contribution is -0.118. The maximum atomic E-state index is 12.5. The molecule has 0 saturated carbocycles. The molecule has 26 heavy (non-hydrogen) atoms. The van der Waals surface area contributed by atoms with Crippen molar-refractivity contribution in [3.8, 4) is 0 Å². The molecule has 2 rings (SSSR count). The van der Waals surface area contributed by atoms with Crippen molar-refractivity contribution in [1.82, 2.24) is 9.62 Å². The Hall–Kier alpha value is -1.44. The minimum absolute atomic E-state index is 0.0912. The lowest BCUT2D eigenvalue weighted by atomic mass is 9.96. The van der Waals surface area contributed by atoms with E-state index in [1.165, 1.54) is 12.1 Å². The van der Waals surface area contributed by atoms with Gasteiger partial charge in [-0.2, -0.15) is 0 Å². The number of nitrogens with one attached hydrogen (secondary N) is 2. The molecule has 2 N–H and O–H groups in total. The minimum atomic E-state index is -3.53. The predicted molar refractivity (Wildman–Crippen MR) is 105 cm³/mol. The Bertz CT molecular complexity index is 691. The van der Waals surface area contributed by atoms with Gasteiger partial charge >= 0.3 is 0 Å². The van der Waals surface area contributed by atoms with Gasteiger partial charge in [-0.25, -0.2) is 13.1 Å². The maximum Gasteiger partial charge on any atom is 0.240 e. The van der Waals surface area contributed by atoms with Gasteiger partial charge in [0.25, 0.3) is 0 Å². The van der Waals surface area contributed by atoms with Gasteiger partial charge in [-0.05, 0) is 70.0 Å². The number of hydrogen-bond donors (Lipinski definition) is 2. The Morgan fingerprint density at radius 3 is 2.19 bits per heavy atom. The van der Waals surface area contributed by atoms with Crippen molar-refractivity contribution in [2.45, 2.75) is 51.5 Å². The van der Waals surface area contributed by atoms with E-state index in [4.69, 9.17) is 0 Å². The number of rotatable bonds is 7. The van der Waals surface area contributed by atoms with Gasteiger partial charge in [0.05, 0.1) is 4.90 Å². The van der Waals surface area contributed by atoms with Crippen LogP contribution < -0.4 is 10.0 Å². The molecule has 0 atom stereocenters. The third-order valence-corrected chi connectivity index (χ3v) is 6.34. The van der Waals surface area contributed by atoms with Crippen molar-refractivity contribution < 1.29 is 13.2 Å². The van der Waals surface area contributed by atoms with Crippen molar-refractivity contribution in [3.63, 3.8) is 0 Å². The molecule has 7 heteroatoms. The first-order valence-electron chi connectivity index (χ1n) is 9.33. The highest BCUT2D eigenvalue weighted by atomic mass is 32.2. The molecule has 0 aliphatic carbocycles. The van der Waals surface area contributed by atoms with E-state index in [2.05, 4.69) is 28.8 Å². The quantitative estimate of drug-likeness (QED) is 0.761.